The molecule has 1 unspecified atom stereocenters. The van der Waals surface area contributed by atoms with Crippen molar-refractivity contribution in [3.63, 3.8) is 0 Å². The van der Waals surface area contributed by atoms with Crippen LogP contribution in [-0.4, -0.2) is 40.0 Å². The van der Waals surface area contributed by atoms with E-state index >= 15 is 0 Å². The Morgan fingerprint density at radius 2 is 1.73 bits per heavy atom. The van der Waals surface area contributed by atoms with E-state index in [1.165, 1.54) is 0 Å². The first-order valence-corrected chi connectivity index (χ1v) is 14.4. The topological polar surface area (TPSA) is 88.5 Å². The number of hydrogen-bond acceptors (Lipinski definition) is 5. The van der Waals surface area contributed by atoms with Crippen LogP contribution in [0.1, 0.15) is 33.5 Å². The van der Waals surface area contributed by atoms with Crippen LogP contribution in [0.4, 0.5) is 0 Å². The molecule has 4 aromatic rings. The summed E-state index contributed by atoms with van der Waals surface area (Å²) in [5.41, 5.74) is 4.81. The van der Waals surface area contributed by atoms with Crippen LogP contribution < -0.4 is 10.1 Å². The second-order valence-electron chi connectivity index (χ2n) is 9.06. The Balaban J connectivity index is 1.58. The molecule has 40 heavy (non-hydrogen) atoms. The molecule has 8 heteroatoms. The van der Waals surface area contributed by atoms with Crippen molar-refractivity contribution in [1.82, 2.24) is 10.3 Å². The number of nitrogens with one attached hydrogen (secondary N) is 1. The van der Waals surface area contributed by atoms with E-state index in [1.807, 2.05) is 79.9 Å². The monoisotopic (exact) mass is 572 g/mol. The molecule has 3 aromatic carbocycles. The third-order valence-corrected chi connectivity index (χ3v) is 7.17. The van der Waals surface area contributed by atoms with Crippen LogP contribution in [-0.2, 0) is 4.79 Å². The summed E-state index contributed by atoms with van der Waals surface area (Å²) < 4.78 is 5.76. The van der Waals surface area contributed by atoms with E-state index in [4.69, 9.17) is 16.3 Å². The van der Waals surface area contributed by atoms with Crippen LogP contribution in [0.2, 0.25) is 5.02 Å². The lowest BCUT2D eigenvalue weighted by Gasteiger charge is -2.17. The highest BCUT2D eigenvalue weighted by atomic mass is 35.5. The Labute approximate surface area is 243 Å². The maximum Gasteiger partial charge on any atom is 0.326 e. The normalized spacial score (nSPS) is 11.8. The first-order chi connectivity index (χ1) is 19.4. The number of aromatic nitrogens is 1. The average molecular weight is 573 g/mol. The first-order valence-electron chi connectivity index (χ1n) is 12.6. The number of amides is 1. The minimum Gasteiger partial charge on any atom is -0.480 e. The SMILES string of the molecule is CSCCC(NC(=O)c1ccc(/C=C/c2ccc(Oc3ccccc3Cl)nc2)cc1-c1ccccc1C)C(=O)O. The number of hydrogen-bond donors (Lipinski definition) is 2. The third-order valence-electron chi connectivity index (χ3n) is 6.22. The highest BCUT2D eigenvalue weighted by Crippen LogP contribution is 2.30. The van der Waals surface area contributed by atoms with Gasteiger partial charge in [0.15, 0.2) is 0 Å². The second-order valence-corrected chi connectivity index (χ2v) is 10.5. The predicted molar refractivity (Wildman–Crippen MR) is 163 cm³/mol. The molecule has 204 valence electrons. The molecule has 1 aromatic heterocycles. The molecule has 0 aliphatic rings. The maximum absolute atomic E-state index is 13.3. The Morgan fingerprint density at radius 1 is 1.00 bits per heavy atom. The molecule has 0 fully saturated rings. The van der Waals surface area contributed by atoms with E-state index in [1.54, 1.807) is 42.2 Å². The number of carboxylic acid groups (broad SMARTS) is 1. The minimum absolute atomic E-state index is 0.346. The summed E-state index contributed by atoms with van der Waals surface area (Å²) in [4.78, 5) is 29.4. The lowest BCUT2D eigenvalue weighted by atomic mass is 9.93. The zero-order valence-electron chi connectivity index (χ0n) is 22.1. The van der Waals surface area contributed by atoms with Gasteiger partial charge in [-0.2, -0.15) is 11.8 Å². The number of carbonyl (C=O) groups excluding carboxylic acids is 1. The van der Waals surface area contributed by atoms with E-state index in [9.17, 15) is 14.7 Å². The van der Waals surface area contributed by atoms with Gasteiger partial charge in [0, 0.05) is 17.8 Å². The molecule has 4 rings (SSSR count). The zero-order valence-corrected chi connectivity index (χ0v) is 23.7. The molecule has 0 saturated heterocycles. The predicted octanol–water partition coefficient (Wildman–Crippen LogP) is 7.61. The van der Waals surface area contributed by atoms with Gasteiger partial charge in [0.2, 0.25) is 5.88 Å². The Morgan fingerprint density at radius 3 is 2.42 bits per heavy atom. The minimum atomic E-state index is -1.05. The number of halogens is 1. The molecule has 0 saturated carbocycles. The molecule has 1 amide bonds. The van der Waals surface area contributed by atoms with Crippen molar-refractivity contribution in [2.24, 2.45) is 0 Å². The molecule has 2 N–H and O–H groups in total. The van der Waals surface area contributed by atoms with Gasteiger partial charge in [0.1, 0.15) is 11.8 Å². The highest BCUT2D eigenvalue weighted by molar-refractivity contribution is 7.98. The van der Waals surface area contributed by atoms with Gasteiger partial charge in [-0.25, -0.2) is 9.78 Å². The maximum atomic E-state index is 13.3. The van der Waals surface area contributed by atoms with E-state index in [0.717, 1.165) is 27.8 Å². The van der Waals surface area contributed by atoms with Crippen molar-refractivity contribution in [2.75, 3.05) is 12.0 Å². The molecule has 0 radical (unpaired) electrons. The number of pyridine rings is 1. The van der Waals surface area contributed by atoms with Crippen molar-refractivity contribution < 1.29 is 19.4 Å². The fourth-order valence-electron chi connectivity index (χ4n) is 4.07. The van der Waals surface area contributed by atoms with Crippen LogP contribution in [0.15, 0.2) is 85.1 Å². The number of thioether (sulfide) groups is 1. The molecule has 6 nitrogen and oxygen atoms in total. The van der Waals surface area contributed by atoms with Gasteiger partial charge < -0.3 is 15.2 Å². The lowest BCUT2D eigenvalue weighted by Crippen LogP contribution is -2.41. The van der Waals surface area contributed by atoms with Crippen LogP contribution in [0, 0.1) is 6.92 Å². The molecule has 0 aliphatic heterocycles. The number of aliphatic carboxylic acids is 1. The second kappa shape index (κ2) is 13.8. The Hall–Kier alpha value is -4.07. The number of nitrogens with zero attached hydrogens (tertiary/aromatic N) is 1. The number of carbonyl (C=O) groups is 2. The summed E-state index contributed by atoms with van der Waals surface area (Å²) in [6.07, 6.45) is 7.81. The first kappa shape index (κ1) is 28.9. The summed E-state index contributed by atoms with van der Waals surface area (Å²) in [7, 11) is 0. The van der Waals surface area contributed by atoms with Gasteiger partial charge >= 0.3 is 5.97 Å². The van der Waals surface area contributed by atoms with Gasteiger partial charge in [-0.1, -0.05) is 66.2 Å². The summed E-state index contributed by atoms with van der Waals surface area (Å²) in [6, 6.07) is 23.2. The summed E-state index contributed by atoms with van der Waals surface area (Å²) in [5, 5.41) is 12.8. The fraction of sp³-hybridized carbons (Fsp3) is 0.156. The van der Waals surface area contributed by atoms with E-state index < -0.39 is 17.9 Å². The van der Waals surface area contributed by atoms with Crippen molar-refractivity contribution in [2.45, 2.75) is 19.4 Å². The molecule has 0 aliphatic carbocycles. The third kappa shape index (κ3) is 7.52. The van der Waals surface area contributed by atoms with Crippen LogP contribution in [0.5, 0.6) is 11.6 Å². The van der Waals surface area contributed by atoms with Gasteiger partial charge in [-0.15, -0.1) is 0 Å². The van der Waals surface area contributed by atoms with Crippen molar-refractivity contribution in [3.05, 3.63) is 112 Å². The quantitative estimate of drug-likeness (QED) is 0.192. The summed E-state index contributed by atoms with van der Waals surface area (Å²) in [5.74, 6) is 0.136. The molecular weight excluding hydrogens is 544 g/mol. The number of para-hydroxylation sites is 1. The zero-order chi connectivity index (χ0) is 28.5. The Bertz CT molecular complexity index is 1520. The fourth-order valence-corrected chi connectivity index (χ4v) is 4.72. The van der Waals surface area contributed by atoms with Crippen LogP contribution >= 0.6 is 23.4 Å². The van der Waals surface area contributed by atoms with Crippen molar-refractivity contribution in [3.8, 4) is 22.8 Å². The van der Waals surface area contributed by atoms with Gasteiger partial charge in [0.25, 0.3) is 5.91 Å². The highest BCUT2D eigenvalue weighted by Gasteiger charge is 2.22. The molecule has 1 heterocycles. The Kier molecular flexibility index (Phi) is 10.00. The van der Waals surface area contributed by atoms with E-state index in [0.29, 0.717) is 34.4 Å². The van der Waals surface area contributed by atoms with Gasteiger partial charge in [-0.05, 0) is 83.5 Å². The number of aryl methyl sites for hydroxylation is 1. The largest absolute Gasteiger partial charge is 0.480 e. The smallest absolute Gasteiger partial charge is 0.326 e. The lowest BCUT2D eigenvalue weighted by molar-refractivity contribution is -0.139. The van der Waals surface area contributed by atoms with Crippen LogP contribution in [0.25, 0.3) is 23.3 Å². The van der Waals surface area contributed by atoms with E-state index in [2.05, 4.69) is 10.3 Å². The molecular formula is C32H29ClN2O4S. The van der Waals surface area contributed by atoms with Gasteiger partial charge in [0.05, 0.1) is 5.02 Å². The number of benzene rings is 3. The summed E-state index contributed by atoms with van der Waals surface area (Å²) >= 11 is 7.70. The van der Waals surface area contributed by atoms with Crippen molar-refractivity contribution in [1.29, 1.82) is 0 Å². The number of ether oxygens (including phenoxy) is 1. The summed E-state index contributed by atoms with van der Waals surface area (Å²) in [6.45, 7) is 1.98. The van der Waals surface area contributed by atoms with Gasteiger partial charge in [-0.3, -0.25) is 4.79 Å². The standard InChI is InChI=1S/C32H29ClN2O4S/c1-21-7-3-4-8-24(21)26-19-22(13-15-25(26)31(36)35-28(32(37)38)17-18-40-2)11-12-23-14-16-30(34-20-23)39-29-10-6-5-9-27(29)33/h3-16,19-20,28H,17-18H2,1-2H3,(H,35,36)(H,37,38)/b12-11+. The number of carboxylic acids is 1. The molecule has 0 spiro atoms. The van der Waals surface area contributed by atoms with E-state index in [-0.39, 0.29) is 0 Å². The van der Waals surface area contributed by atoms with Crippen LogP contribution in [0.3, 0.4) is 0 Å². The average Bonchev–Trinajstić information content (AvgIpc) is 2.96. The number of rotatable bonds is 11. The molecule has 0 bridgehead atoms. The molecule has 1 atom stereocenters. The van der Waals surface area contributed by atoms with Crippen molar-refractivity contribution >= 4 is 47.4 Å².